The highest BCUT2D eigenvalue weighted by atomic mass is 32.1. The number of oxime groups is 1. The van der Waals surface area contributed by atoms with Gasteiger partial charge in [-0.25, -0.2) is 14.5 Å². The van der Waals surface area contributed by atoms with E-state index in [1.54, 1.807) is 33.3 Å². The maximum absolute atomic E-state index is 5.41. The highest BCUT2D eigenvalue weighted by Gasteiger charge is 2.26. The molecule has 1 aliphatic rings. The number of hydrogen-bond acceptors (Lipinski definition) is 6. The van der Waals surface area contributed by atoms with E-state index < -0.39 is 0 Å². The molecule has 8 heteroatoms. The van der Waals surface area contributed by atoms with Gasteiger partial charge in [0.25, 0.3) is 0 Å². The van der Waals surface area contributed by atoms with Crippen molar-refractivity contribution >= 4 is 33.4 Å². The van der Waals surface area contributed by atoms with Crippen LogP contribution in [-0.2, 0) is 24.4 Å². The molecular formula is C21H23N6OS+. The van der Waals surface area contributed by atoms with Crippen LogP contribution in [0.25, 0.3) is 15.9 Å². The molecule has 148 valence electrons. The summed E-state index contributed by atoms with van der Waals surface area (Å²) in [6.45, 7) is 5.97. The van der Waals surface area contributed by atoms with Gasteiger partial charge in [-0.15, -0.1) is 16.4 Å². The Kier molecular flexibility index (Phi) is 4.95. The highest BCUT2D eigenvalue weighted by molar-refractivity contribution is 7.19. The van der Waals surface area contributed by atoms with Crippen molar-refractivity contribution in [2.45, 2.75) is 32.9 Å². The predicted octanol–water partition coefficient (Wildman–Crippen LogP) is 2.24. The first-order valence-electron chi connectivity index (χ1n) is 10.00. The number of aromatic nitrogens is 4. The first kappa shape index (κ1) is 18.2. The third-order valence-electron chi connectivity index (χ3n) is 5.27. The average molecular weight is 408 g/mol. The van der Waals surface area contributed by atoms with Crippen molar-refractivity contribution in [2.75, 3.05) is 13.1 Å². The van der Waals surface area contributed by atoms with Crippen molar-refractivity contribution in [1.82, 2.24) is 19.6 Å². The molecule has 0 radical (unpaired) electrons. The summed E-state index contributed by atoms with van der Waals surface area (Å²) in [5, 5.41) is 9.71. The second kappa shape index (κ2) is 7.88. The fourth-order valence-electron chi connectivity index (χ4n) is 3.93. The number of fused-ring (bicyclic) bond motifs is 5. The Balaban J connectivity index is 1.39. The molecule has 5 rings (SSSR count). The van der Waals surface area contributed by atoms with Gasteiger partial charge in [-0.2, -0.15) is 0 Å². The van der Waals surface area contributed by atoms with Crippen LogP contribution in [0.1, 0.15) is 35.2 Å². The smallest absolute Gasteiger partial charge is 0.192 e. The Morgan fingerprint density at radius 3 is 3.07 bits per heavy atom. The number of rotatable bonds is 6. The van der Waals surface area contributed by atoms with Gasteiger partial charge in [0.1, 0.15) is 17.7 Å². The third kappa shape index (κ3) is 3.61. The molecular weight excluding hydrogens is 384 g/mol. The molecule has 0 bridgehead atoms. The van der Waals surface area contributed by atoms with E-state index >= 15 is 0 Å². The SMILES string of the molecule is CCC[NH+]1CCc2c(sc3ncn4nc(CO/N=C\c5ccccc5)nc4c23)C1. The summed E-state index contributed by atoms with van der Waals surface area (Å²) in [6.07, 6.45) is 5.74. The summed E-state index contributed by atoms with van der Waals surface area (Å²) in [5.74, 6) is 0.610. The Hall–Kier alpha value is -2.84. The monoisotopic (exact) mass is 407 g/mol. The number of nitrogens with one attached hydrogen (secondary N) is 1. The molecule has 1 aromatic carbocycles. The molecule has 1 unspecified atom stereocenters. The van der Waals surface area contributed by atoms with Gasteiger partial charge in [0.2, 0.25) is 0 Å². The topological polar surface area (TPSA) is 69.1 Å². The second-order valence-corrected chi connectivity index (χ2v) is 8.40. The van der Waals surface area contributed by atoms with E-state index in [-0.39, 0.29) is 6.61 Å². The molecule has 7 nitrogen and oxygen atoms in total. The number of quaternary nitrogens is 1. The summed E-state index contributed by atoms with van der Waals surface area (Å²) in [6, 6.07) is 9.85. The van der Waals surface area contributed by atoms with Gasteiger partial charge in [-0.3, -0.25) is 0 Å². The van der Waals surface area contributed by atoms with Gasteiger partial charge >= 0.3 is 0 Å². The van der Waals surface area contributed by atoms with Crippen LogP contribution in [0.4, 0.5) is 0 Å². The van der Waals surface area contributed by atoms with Crippen LogP contribution in [-0.4, -0.2) is 38.9 Å². The lowest BCUT2D eigenvalue weighted by Crippen LogP contribution is -3.11. The Labute approximate surface area is 172 Å². The number of nitrogens with zero attached hydrogens (tertiary/aromatic N) is 5. The van der Waals surface area contributed by atoms with Gasteiger partial charge in [-0.1, -0.05) is 42.4 Å². The maximum atomic E-state index is 5.41. The van der Waals surface area contributed by atoms with E-state index in [1.165, 1.54) is 30.0 Å². The largest absolute Gasteiger partial charge is 0.387 e. The second-order valence-electron chi connectivity index (χ2n) is 7.32. The van der Waals surface area contributed by atoms with Crippen molar-refractivity contribution in [2.24, 2.45) is 5.16 Å². The molecule has 1 N–H and O–H groups in total. The standard InChI is InChI=1S/C21H22N6OS/c1-2-9-26-10-8-16-17(12-26)29-21-19(16)20-24-18(25-27(20)14-22-21)13-28-23-11-15-6-4-3-5-7-15/h3-7,11,14H,2,8-10,12-13H2,1H3/p+1/b23-11-. The zero-order chi connectivity index (χ0) is 19.6. The number of benzene rings is 1. The Morgan fingerprint density at radius 2 is 2.21 bits per heavy atom. The van der Waals surface area contributed by atoms with E-state index in [1.807, 2.05) is 30.3 Å². The van der Waals surface area contributed by atoms with Gasteiger partial charge in [0.05, 0.1) is 29.6 Å². The van der Waals surface area contributed by atoms with Gasteiger partial charge in [0.15, 0.2) is 18.1 Å². The highest BCUT2D eigenvalue weighted by Crippen LogP contribution is 2.33. The Morgan fingerprint density at radius 1 is 1.31 bits per heavy atom. The van der Waals surface area contributed by atoms with Crippen molar-refractivity contribution in [1.29, 1.82) is 0 Å². The minimum absolute atomic E-state index is 0.229. The summed E-state index contributed by atoms with van der Waals surface area (Å²) in [4.78, 5) is 18.9. The molecule has 0 saturated heterocycles. The minimum atomic E-state index is 0.229. The fourth-order valence-corrected chi connectivity index (χ4v) is 5.18. The molecule has 0 spiro atoms. The average Bonchev–Trinajstić information content (AvgIpc) is 3.32. The van der Waals surface area contributed by atoms with Gasteiger partial charge in [0, 0.05) is 6.42 Å². The molecule has 0 fully saturated rings. The van der Waals surface area contributed by atoms with E-state index in [9.17, 15) is 0 Å². The molecule has 1 aliphatic heterocycles. The molecule has 0 amide bonds. The number of thiophene rings is 1. The lowest BCUT2D eigenvalue weighted by atomic mass is 10.1. The van der Waals surface area contributed by atoms with Crippen LogP contribution in [0, 0.1) is 0 Å². The van der Waals surface area contributed by atoms with Crippen LogP contribution in [0.2, 0.25) is 0 Å². The summed E-state index contributed by atoms with van der Waals surface area (Å²) < 4.78 is 1.76. The van der Waals surface area contributed by atoms with Crippen LogP contribution < -0.4 is 4.90 Å². The summed E-state index contributed by atoms with van der Waals surface area (Å²) >= 11 is 1.80. The van der Waals surface area contributed by atoms with E-state index in [0.717, 1.165) is 34.4 Å². The lowest BCUT2D eigenvalue weighted by molar-refractivity contribution is -0.915. The molecule has 1 atom stereocenters. The molecule has 4 aromatic rings. The molecule has 29 heavy (non-hydrogen) atoms. The van der Waals surface area contributed by atoms with Crippen LogP contribution in [0.5, 0.6) is 0 Å². The Bertz CT molecular complexity index is 1170. The van der Waals surface area contributed by atoms with Crippen molar-refractivity contribution < 1.29 is 9.74 Å². The normalized spacial score (nSPS) is 16.7. The van der Waals surface area contributed by atoms with Crippen molar-refractivity contribution in [3.8, 4) is 0 Å². The van der Waals surface area contributed by atoms with Crippen molar-refractivity contribution in [3.05, 3.63) is 58.5 Å². The van der Waals surface area contributed by atoms with E-state index in [0.29, 0.717) is 5.82 Å². The molecule has 0 aliphatic carbocycles. The molecule has 4 heterocycles. The van der Waals surface area contributed by atoms with E-state index in [4.69, 9.17) is 9.82 Å². The summed E-state index contributed by atoms with van der Waals surface area (Å²) in [5.41, 5.74) is 3.27. The fraction of sp³-hybridized carbons (Fsp3) is 0.333. The van der Waals surface area contributed by atoms with Gasteiger partial charge in [-0.05, 0) is 17.5 Å². The van der Waals surface area contributed by atoms with Crippen LogP contribution >= 0.6 is 11.3 Å². The van der Waals surface area contributed by atoms with E-state index in [2.05, 4.69) is 22.2 Å². The number of hydrogen-bond donors (Lipinski definition) is 1. The minimum Gasteiger partial charge on any atom is -0.387 e. The maximum Gasteiger partial charge on any atom is 0.192 e. The first-order chi connectivity index (χ1) is 14.3. The van der Waals surface area contributed by atoms with Crippen LogP contribution in [0.15, 0.2) is 41.8 Å². The first-order valence-corrected chi connectivity index (χ1v) is 10.8. The zero-order valence-corrected chi connectivity index (χ0v) is 17.2. The molecule has 0 saturated carbocycles. The van der Waals surface area contributed by atoms with Crippen LogP contribution in [0.3, 0.4) is 0 Å². The zero-order valence-electron chi connectivity index (χ0n) is 16.3. The molecule has 3 aromatic heterocycles. The lowest BCUT2D eigenvalue weighted by Gasteiger charge is -2.23. The third-order valence-corrected chi connectivity index (χ3v) is 6.41. The van der Waals surface area contributed by atoms with Gasteiger partial charge < -0.3 is 9.74 Å². The summed E-state index contributed by atoms with van der Waals surface area (Å²) in [7, 11) is 0. The van der Waals surface area contributed by atoms with Crippen molar-refractivity contribution in [3.63, 3.8) is 0 Å². The quantitative estimate of drug-likeness (QED) is 0.393. The predicted molar refractivity (Wildman–Crippen MR) is 113 cm³/mol.